The molecule has 1 spiro atoms. The van der Waals surface area contributed by atoms with Crippen LogP contribution < -0.4 is 0 Å². The number of nitrogens with one attached hydrogen (secondary N) is 2. The van der Waals surface area contributed by atoms with Crippen molar-refractivity contribution in [2.75, 3.05) is 19.6 Å². The van der Waals surface area contributed by atoms with Gasteiger partial charge in [-0.05, 0) is 38.5 Å². The average Bonchev–Trinajstić information content (AvgIpc) is 3.11. The molecule has 0 bridgehead atoms. The molecule has 2 heterocycles. The Labute approximate surface area is 160 Å². The maximum atomic E-state index is 13.5. The maximum absolute atomic E-state index is 13.5. The number of amidine groups is 1. The van der Waals surface area contributed by atoms with Gasteiger partial charge in [0.25, 0.3) is 0 Å². The van der Waals surface area contributed by atoms with E-state index in [1.54, 1.807) is 28.6 Å². The molecule has 144 valence electrons. The number of sulfonamides is 1. The molecule has 2 aliphatic rings. The van der Waals surface area contributed by atoms with Crippen molar-refractivity contribution in [3.8, 4) is 0 Å². The third-order valence-corrected chi connectivity index (χ3v) is 7.72. The Morgan fingerprint density at radius 2 is 1.93 bits per heavy atom. The second-order valence-electron chi connectivity index (χ2n) is 6.98. The van der Waals surface area contributed by atoms with Crippen LogP contribution in [-0.2, 0) is 10.0 Å². The fraction of sp³-hybridized carbons (Fsp3) is 0.421. The van der Waals surface area contributed by atoms with Crippen molar-refractivity contribution in [3.63, 3.8) is 0 Å². The Morgan fingerprint density at radius 3 is 2.52 bits per heavy atom. The number of para-hydroxylation sites is 1. The highest BCUT2D eigenvalue weighted by molar-refractivity contribution is 7.89. The first kappa shape index (κ1) is 19.4. The van der Waals surface area contributed by atoms with E-state index in [2.05, 4.69) is 18.3 Å². The maximum Gasteiger partial charge on any atom is 0.245 e. The molecular formula is C19H25N5O2S. The van der Waals surface area contributed by atoms with Crippen molar-refractivity contribution in [1.82, 2.24) is 9.21 Å². The molecule has 2 fully saturated rings. The second-order valence-corrected chi connectivity index (χ2v) is 8.81. The molecule has 3 rings (SSSR count). The van der Waals surface area contributed by atoms with Gasteiger partial charge < -0.3 is 10.3 Å². The molecule has 2 saturated heterocycles. The zero-order valence-corrected chi connectivity index (χ0v) is 16.1. The highest BCUT2D eigenvalue weighted by Gasteiger charge is 2.49. The molecule has 1 aromatic carbocycles. The number of piperidine rings is 1. The summed E-state index contributed by atoms with van der Waals surface area (Å²) < 4.78 is 28.7. The van der Waals surface area contributed by atoms with Crippen LogP contribution in [0.2, 0.25) is 0 Å². The van der Waals surface area contributed by atoms with Crippen molar-refractivity contribution in [2.24, 2.45) is 4.99 Å². The molecular weight excluding hydrogens is 362 g/mol. The van der Waals surface area contributed by atoms with Gasteiger partial charge in [-0.15, -0.1) is 0 Å². The van der Waals surface area contributed by atoms with Crippen molar-refractivity contribution < 1.29 is 8.42 Å². The van der Waals surface area contributed by atoms with Crippen LogP contribution in [0.4, 0.5) is 5.69 Å². The van der Waals surface area contributed by atoms with Crippen LogP contribution in [0.15, 0.2) is 34.7 Å². The van der Waals surface area contributed by atoms with E-state index in [4.69, 9.17) is 10.8 Å². The Hall–Kier alpha value is -2.32. The molecule has 0 saturated carbocycles. The van der Waals surface area contributed by atoms with Crippen LogP contribution in [0.5, 0.6) is 0 Å². The van der Waals surface area contributed by atoms with Gasteiger partial charge in [0.05, 0.1) is 11.9 Å². The summed E-state index contributed by atoms with van der Waals surface area (Å²) in [5, 5.41) is 15.1. The summed E-state index contributed by atoms with van der Waals surface area (Å²) in [5.74, 6) is 0.175. The molecule has 0 radical (unpaired) electrons. The third kappa shape index (κ3) is 3.23. The van der Waals surface area contributed by atoms with E-state index in [9.17, 15) is 8.42 Å². The zero-order chi connectivity index (χ0) is 19.7. The fourth-order valence-electron chi connectivity index (χ4n) is 4.24. The van der Waals surface area contributed by atoms with E-state index in [0.717, 1.165) is 19.1 Å². The van der Waals surface area contributed by atoms with Gasteiger partial charge in [-0.2, -0.15) is 4.31 Å². The van der Waals surface area contributed by atoms with Crippen LogP contribution in [0.3, 0.4) is 0 Å². The molecule has 0 aromatic heterocycles. The molecule has 8 heteroatoms. The standard InChI is InChI=1S/C19H25N5O2S/c1-3-15-6-4-7-16(18(15)22-2)27(25,26)24-11-5-8-19(24)9-12-23(13-10-19)17(21)14-20/h3-4,6-7,14,20-21H,1-2,5,8-13H2. The molecule has 0 atom stereocenters. The van der Waals surface area contributed by atoms with Gasteiger partial charge in [-0.25, -0.2) is 8.42 Å². The number of likely N-dealkylation sites (tertiary alicyclic amines) is 1. The van der Waals surface area contributed by atoms with Gasteiger partial charge in [0, 0.05) is 30.7 Å². The number of hydrogen-bond acceptors (Lipinski definition) is 5. The molecule has 1 aromatic rings. The lowest BCUT2D eigenvalue weighted by Gasteiger charge is -2.44. The SMILES string of the molecule is C=Cc1cccc(S(=O)(=O)N2CCCC23CCN(C(=N)C=N)CC3)c1N=C. The van der Waals surface area contributed by atoms with Crippen LogP contribution in [0, 0.1) is 10.8 Å². The Morgan fingerprint density at radius 1 is 1.22 bits per heavy atom. The van der Waals surface area contributed by atoms with Crippen molar-refractivity contribution >= 4 is 40.6 Å². The zero-order valence-electron chi connectivity index (χ0n) is 15.3. The summed E-state index contributed by atoms with van der Waals surface area (Å²) in [6, 6.07) is 5.06. The van der Waals surface area contributed by atoms with Crippen LogP contribution in [0.25, 0.3) is 6.08 Å². The van der Waals surface area contributed by atoms with E-state index >= 15 is 0 Å². The Kier molecular flexibility index (Phi) is 5.30. The number of nitrogens with zero attached hydrogens (tertiary/aromatic N) is 3. The molecule has 0 amide bonds. The average molecular weight is 388 g/mol. The Bertz CT molecular complexity index is 885. The lowest BCUT2D eigenvalue weighted by Crippen LogP contribution is -2.54. The lowest BCUT2D eigenvalue weighted by molar-refractivity contribution is 0.140. The number of hydrogen-bond donors (Lipinski definition) is 2. The minimum atomic E-state index is -3.73. The highest BCUT2D eigenvalue weighted by atomic mass is 32.2. The molecule has 0 aliphatic carbocycles. The quantitative estimate of drug-likeness (QED) is 0.600. The predicted octanol–water partition coefficient (Wildman–Crippen LogP) is 2.91. The first-order valence-electron chi connectivity index (χ1n) is 8.98. The van der Waals surface area contributed by atoms with Crippen LogP contribution >= 0.6 is 0 Å². The smallest absolute Gasteiger partial charge is 0.245 e. The summed E-state index contributed by atoms with van der Waals surface area (Å²) in [5.41, 5.74) is 0.562. The number of aliphatic imine (C=N–C) groups is 1. The molecule has 7 nitrogen and oxygen atoms in total. The minimum Gasteiger partial charge on any atom is -0.356 e. The van der Waals surface area contributed by atoms with E-state index < -0.39 is 15.6 Å². The third-order valence-electron chi connectivity index (χ3n) is 5.68. The normalized spacial score (nSPS) is 19.8. The lowest BCUT2D eigenvalue weighted by atomic mass is 9.86. The summed E-state index contributed by atoms with van der Waals surface area (Å²) in [6.07, 6.45) is 5.56. The van der Waals surface area contributed by atoms with Gasteiger partial charge in [0.1, 0.15) is 10.7 Å². The monoisotopic (exact) mass is 387 g/mol. The van der Waals surface area contributed by atoms with E-state index in [0.29, 0.717) is 43.7 Å². The van der Waals surface area contributed by atoms with Gasteiger partial charge in [0.15, 0.2) is 0 Å². The highest BCUT2D eigenvalue weighted by Crippen LogP contribution is 2.43. The van der Waals surface area contributed by atoms with Gasteiger partial charge in [-0.1, -0.05) is 24.8 Å². The predicted molar refractivity (Wildman–Crippen MR) is 109 cm³/mol. The van der Waals surface area contributed by atoms with Crippen molar-refractivity contribution in [1.29, 1.82) is 10.8 Å². The molecule has 2 aliphatic heterocycles. The van der Waals surface area contributed by atoms with Crippen LogP contribution in [-0.4, -0.2) is 61.6 Å². The summed E-state index contributed by atoms with van der Waals surface area (Å²) in [4.78, 5) is 5.97. The summed E-state index contributed by atoms with van der Waals surface area (Å²) in [6.45, 7) is 8.94. The minimum absolute atomic E-state index is 0.172. The first-order chi connectivity index (χ1) is 12.9. The molecule has 2 N–H and O–H groups in total. The summed E-state index contributed by atoms with van der Waals surface area (Å²) in [7, 11) is -3.73. The first-order valence-corrected chi connectivity index (χ1v) is 10.4. The second kappa shape index (κ2) is 7.36. The number of rotatable bonds is 5. The van der Waals surface area contributed by atoms with Gasteiger partial charge >= 0.3 is 0 Å². The van der Waals surface area contributed by atoms with Crippen LogP contribution in [0.1, 0.15) is 31.2 Å². The molecule has 27 heavy (non-hydrogen) atoms. The van der Waals surface area contributed by atoms with Gasteiger partial charge in [0.2, 0.25) is 10.0 Å². The van der Waals surface area contributed by atoms with E-state index in [-0.39, 0.29) is 10.7 Å². The van der Waals surface area contributed by atoms with Crippen molar-refractivity contribution in [3.05, 3.63) is 30.3 Å². The van der Waals surface area contributed by atoms with E-state index in [1.807, 2.05) is 4.90 Å². The van der Waals surface area contributed by atoms with E-state index in [1.165, 1.54) is 0 Å². The van der Waals surface area contributed by atoms with Gasteiger partial charge in [-0.3, -0.25) is 10.4 Å². The molecule has 0 unspecified atom stereocenters. The number of benzene rings is 1. The Balaban J connectivity index is 1.96. The van der Waals surface area contributed by atoms with Crippen molar-refractivity contribution in [2.45, 2.75) is 36.1 Å². The summed E-state index contributed by atoms with van der Waals surface area (Å²) >= 11 is 0. The largest absolute Gasteiger partial charge is 0.356 e. The topological polar surface area (TPSA) is 101 Å². The fourth-order valence-corrected chi connectivity index (χ4v) is 6.31.